The lowest BCUT2D eigenvalue weighted by atomic mass is 10.2. The Bertz CT molecular complexity index is 614. The molecule has 0 bridgehead atoms. The van der Waals surface area contributed by atoms with E-state index < -0.39 is 11.7 Å². The van der Waals surface area contributed by atoms with Crippen LogP contribution in [0.2, 0.25) is 0 Å². The van der Waals surface area contributed by atoms with E-state index in [-0.39, 0.29) is 5.56 Å². The third-order valence-electron chi connectivity index (χ3n) is 2.68. The Morgan fingerprint density at radius 3 is 2.60 bits per heavy atom. The van der Waals surface area contributed by atoms with Crippen LogP contribution in [0.4, 0.5) is 15.9 Å². The first-order valence-corrected chi connectivity index (χ1v) is 5.92. The molecule has 2 aromatic rings. The fourth-order valence-electron chi connectivity index (χ4n) is 1.68. The molecule has 0 atom stereocenters. The van der Waals surface area contributed by atoms with Crippen LogP contribution < -0.4 is 15.4 Å². The number of rotatable bonds is 4. The summed E-state index contributed by atoms with van der Waals surface area (Å²) >= 11 is 0. The first-order valence-electron chi connectivity index (χ1n) is 5.92. The summed E-state index contributed by atoms with van der Waals surface area (Å²) in [5.74, 6) is -0.000792. The van der Waals surface area contributed by atoms with Crippen molar-refractivity contribution in [1.82, 2.24) is 4.98 Å². The van der Waals surface area contributed by atoms with E-state index in [4.69, 9.17) is 4.74 Å². The van der Waals surface area contributed by atoms with Crippen molar-refractivity contribution in [3.05, 3.63) is 47.9 Å². The molecule has 1 aromatic heterocycles. The first-order chi connectivity index (χ1) is 9.63. The van der Waals surface area contributed by atoms with Crippen molar-refractivity contribution in [1.29, 1.82) is 0 Å². The molecule has 6 heteroatoms. The standard InChI is InChI=1S/C14H14FN3O2/c1-16-13-12(7-9(15)8-17-13)14(19)18-10-3-5-11(20-2)6-4-10/h3-8H,1-2H3,(H,16,17)(H,18,19). The summed E-state index contributed by atoms with van der Waals surface area (Å²) in [4.78, 5) is 15.9. The molecule has 1 amide bonds. The van der Waals surface area contributed by atoms with E-state index in [2.05, 4.69) is 15.6 Å². The summed E-state index contributed by atoms with van der Waals surface area (Å²) in [7, 11) is 3.18. The summed E-state index contributed by atoms with van der Waals surface area (Å²) in [5, 5.41) is 5.42. The van der Waals surface area contributed by atoms with Gasteiger partial charge in [-0.05, 0) is 30.3 Å². The van der Waals surface area contributed by atoms with Gasteiger partial charge in [0, 0.05) is 12.7 Å². The normalized spacial score (nSPS) is 9.95. The van der Waals surface area contributed by atoms with Gasteiger partial charge in [0.15, 0.2) is 0 Å². The van der Waals surface area contributed by atoms with Crippen molar-refractivity contribution in [3.8, 4) is 5.75 Å². The van der Waals surface area contributed by atoms with E-state index in [1.54, 1.807) is 38.4 Å². The second-order valence-electron chi connectivity index (χ2n) is 3.98. The van der Waals surface area contributed by atoms with Gasteiger partial charge in [-0.1, -0.05) is 0 Å². The number of pyridine rings is 1. The molecular formula is C14H14FN3O2. The number of hydrogen-bond acceptors (Lipinski definition) is 4. The monoisotopic (exact) mass is 275 g/mol. The Hall–Kier alpha value is -2.63. The number of benzene rings is 1. The van der Waals surface area contributed by atoms with E-state index in [0.717, 1.165) is 12.3 Å². The van der Waals surface area contributed by atoms with Crippen LogP contribution in [0.3, 0.4) is 0 Å². The molecule has 0 aliphatic rings. The molecule has 0 spiro atoms. The van der Waals surface area contributed by atoms with Gasteiger partial charge < -0.3 is 15.4 Å². The number of hydrogen-bond donors (Lipinski definition) is 2. The van der Waals surface area contributed by atoms with Gasteiger partial charge in [0.05, 0.1) is 18.9 Å². The largest absolute Gasteiger partial charge is 0.497 e. The number of aromatic nitrogens is 1. The maximum atomic E-state index is 13.2. The molecule has 2 N–H and O–H groups in total. The molecule has 0 fully saturated rings. The van der Waals surface area contributed by atoms with Gasteiger partial charge in [-0.2, -0.15) is 0 Å². The minimum atomic E-state index is -0.566. The van der Waals surface area contributed by atoms with Crippen molar-refractivity contribution in [2.45, 2.75) is 0 Å². The minimum absolute atomic E-state index is 0.142. The lowest BCUT2D eigenvalue weighted by molar-refractivity contribution is 0.102. The molecule has 0 radical (unpaired) electrons. The van der Waals surface area contributed by atoms with E-state index in [1.165, 1.54) is 0 Å². The van der Waals surface area contributed by atoms with Gasteiger partial charge in [0.2, 0.25) is 0 Å². The third kappa shape index (κ3) is 3.03. The van der Waals surface area contributed by atoms with Crippen LogP contribution >= 0.6 is 0 Å². The second-order valence-corrected chi connectivity index (χ2v) is 3.98. The Kier molecular flexibility index (Phi) is 4.14. The summed E-state index contributed by atoms with van der Waals surface area (Å²) in [5.41, 5.74) is 0.727. The number of carbonyl (C=O) groups excluding carboxylic acids is 1. The number of nitrogens with zero attached hydrogens (tertiary/aromatic N) is 1. The van der Waals surface area contributed by atoms with Gasteiger partial charge >= 0.3 is 0 Å². The average molecular weight is 275 g/mol. The van der Waals surface area contributed by atoms with Crippen LogP contribution in [-0.2, 0) is 0 Å². The number of methoxy groups -OCH3 is 1. The third-order valence-corrected chi connectivity index (χ3v) is 2.68. The number of halogens is 1. The molecule has 0 saturated carbocycles. The average Bonchev–Trinajstić information content (AvgIpc) is 2.48. The lowest BCUT2D eigenvalue weighted by Crippen LogP contribution is -2.15. The summed E-state index contributed by atoms with van der Waals surface area (Å²) in [6.45, 7) is 0. The zero-order valence-electron chi connectivity index (χ0n) is 11.1. The molecule has 0 unspecified atom stereocenters. The molecule has 20 heavy (non-hydrogen) atoms. The number of amides is 1. The smallest absolute Gasteiger partial charge is 0.259 e. The lowest BCUT2D eigenvalue weighted by Gasteiger charge is -2.09. The van der Waals surface area contributed by atoms with Crippen molar-refractivity contribution < 1.29 is 13.9 Å². The summed E-state index contributed by atoms with van der Waals surface area (Å²) < 4.78 is 18.2. The maximum absolute atomic E-state index is 13.2. The highest BCUT2D eigenvalue weighted by atomic mass is 19.1. The van der Waals surface area contributed by atoms with Gasteiger partial charge in [-0.25, -0.2) is 9.37 Å². The molecule has 0 aliphatic carbocycles. The van der Waals surface area contributed by atoms with Crippen molar-refractivity contribution in [3.63, 3.8) is 0 Å². The maximum Gasteiger partial charge on any atom is 0.259 e. The zero-order chi connectivity index (χ0) is 14.5. The van der Waals surface area contributed by atoms with Crippen LogP contribution in [0, 0.1) is 5.82 Å². The molecule has 2 rings (SSSR count). The number of ether oxygens (including phenoxy) is 1. The molecular weight excluding hydrogens is 261 g/mol. The molecule has 0 aliphatic heterocycles. The second kappa shape index (κ2) is 6.01. The van der Waals surface area contributed by atoms with Crippen LogP contribution in [0.1, 0.15) is 10.4 Å². The topological polar surface area (TPSA) is 63.2 Å². The first kappa shape index (κ1) is 13.8. The summed E-state index contributed by atoms with van der Waals surface area (Å²) in [6.07, 6.45) is 1.05. The Balaban J connectivity index is 2.20. The highest BCUT2D eigenvalue weighted by molar-refractivity contribution is 6.07. The van der Waals surface area contributed by atoms with Gasteiger partial charge in [-0.15, -0.1) is 0 Å². The number of carbonyl (C=O) groups is 1. The minimum Gasteiger partial charge on any atom is -0.497 e. The van der Waals surface area contributed by atoms with Crippen LogP contribution in [0.25, 0.3) is 0 Å². The Morgan fingerprint density at radius 2 is 2.00 bits per heavy atom. The number of anilines is 2. The fraction of sp³-hybridized carbons (Fsp3) is 0.143. The summed E-state index contributed by atoms with van der Waals surface area (Å²) in [6, 6.07) is 7.97. The molecule has 1 aromatic carbocycles. The quantitative estimate of drug-likeness (QED) is 0.900. The number of nitrogens with one attached hydrogen (secondary N) is 2. The van der Waals surface area contributed by atoms with E-state index in [0.29, 0.717) is 17.3 Å². The van der Waals surface area contributed by atoms with Gasteiger partial charge in [0.1, 0.15) is 17.4 Å². The Labute approximate surface area is 115 Å². The fourth-order valence-corrected chi connectivity index (χ4v) is 1.68. The van der Waals surface area contributed by atoms with Crippen LogP contribution in [-0.4, -0.2) is 25.0 Å². The van der Waals surface area contributed by atoms with Crippen molar-refractivity contribution >= 4 is 17.4 Å². The Morgan fingerprint density at radius 1 is 1.30 bits per heavy atom. The van der Waals surface area contributed by atoms with E-state index in [9.17, 15) is 9.18 Å². The van der Waals surface area contributed by atoms with Crippen molar-refractivity contribution in [2.24, 2.45) is 0 Å². The van der Waals surface area contributed by atoms with E-state index >= 15 is 0 Å². The highest BCUT2D eigenvalue weighted by Gasteiger charge is 2.13. The van der Waals surface area contributed by atoms with Crippen molar-refractivity contribution in [2.75, 3.05) is 24.8 Å². The van der Waals surface area contributed by atoms with E-state index in [1.807, 2.05) is 0 Å². The van der Waals surface area contributed by atoms with Gasteiger partial charge in [-0.3, -0.25) is 4.79 Å². The highest BCUT2D eigenvalue weighted by Crippen LogP contribution is 2.18. The predicted octanol–water partition coefficient (Wildman–Crippen LogP) is 2.52. The molecule has 1 heterocycles. The molecule has 5 nitrogen and oxygen atoms in total. The zero-order valence-corrected chi connectivity index (χ0v) is 11.1. The molecule has 104 valence electrons. The van der Waals surface area contributed by atoms with Crippen LogP contribution in [0.15, 0.2) is 36.5 Å². The SMILES string of the molecule is CNc1ncc(F)cc1C(=O)Nc1ccc(OC)cc1. The van der Waals surface area contributed by atoms with Crippen LogP contribution in [0.5, 0.6) is 5.75 Å². The molecule has 0 saturated heterocycles. The van der Waals surface area contributed by atoms with Gasteiger partial charge in [0.25, 0.3) is 5.91 Å². The predicted molar refractivity (Wildman–Crippen MR) is 74.7 cm³/mol.